The SMILES string of the molecule is COC(=O)c1ccc(OCc2cncc(C)c2)c(N)c1. The van der Waals surface area contributed by atoms with E-state index in [0.29, 0.717) is 23.6 Å². The lowest BCUT2D eigenvalue weighted by Crippen LogP contribution is -2.04. The van der Waals surface area contributed by atoms with Gasteiger partial charge in [0.1, 0.15) is 12.4 Å². The first-order valence-electron chi connectivity index (χ1n) is 6.11. The number of esters is 1. The molecule has 0 spiro atoms. The second-order valence-corrected chi connectivity index (χ2v) is 4.40. The van der Waals surface area contributed by atoms with Gasteiger partial charge in [-0.15, -0.1) is 0 Å². The first-order valence-corrected chi connectivity index (χ1v) is 6.11. The van der Waals surface area contributed by atoms with Crippen molar-refractivity contribution in [2.45, 2.75) is 13.5 Å². The van der Waals surface area contributed by atoms with E-state index in [4.69, 9.17) is 10.5 Å². The van der Waals surface area contributed by atoms with Crippen molar-refractivity contribution < 1.29 is 14.3 Å². The molecule has 2 rings (SSSR count). The summed E-state index contributed by atoms with van der Waals surface area (Å²) < 4.78 is 10.3. The number of benzene rings is 1. The van der Waals surface area contributed by atoms with Crippen LogP contribution in [0.25, 0.3) is 0 Å². The number of aromatic nitrogens is 1. The van der Waals surface area contributed by atoms with E-state index < -0.39 is 5.97 Å². The number of nitrogens with zero attached hydrogens (tertiary/aromatic N) is 1. The highest BCUT2D eigenvalue weighted by Gasteiger charge is 2.09. The number of carbonyl (C=O) groups excluding carboxylic acids is 1. The maximum absolute atomic E-state index is 11.4. The minimum absolute atomic E-state index is 0.371. The summed E-state index contributed by atoms with van der Waals surface area (Å²) in [4.78, 5) is 15.5. The zero-order chi connectivity index (χ0) is 14.5. The number of nitrogens with two attached hydrogens (primary N) is 1. The minimum atomic E-state index is -0.425. The topological polar surface area (TPSA) is 74.4 Å². The molecular formula is C15H16N2O3. The van der Waals surface area contributed by atoms with Gasteiger partial charge in [0.05, 0.1) is 18.4 Å². The monoisotopic (exact) mass is 272 g/mol. The van der Waals surface area contributed by atoms with Crippen molar-refractivity contribution in [3.8, 4) is 5.75 Å². The van der Waals surface area contributed by atoms with Gasteiger partial charge in [0.15, 0.2) is 0 Å². The molecule has 0 bridgehead atoms. The summed E-state index contributed by atoms with van der Waals surface area (Å²) in [5.74, 6) is 0.102. The molecule has 0 saturated carbocycles. The zero-order valence-corrected chi connectivity index (χ0v) is 11.4. The molecule has 5 heteroatoms. The molecule has 20 heavy (non-hydrogen) atoms. The molecule has 0 aliphatic rings. The quantitative estimate of drug-likeness (QED) is 0.683. The maximum Gasteiger partial charge on any atom is 0.337 e. The highest BCUT2D eigenvalue weighted by atomic mass is 16.5. The number of hydrogen-bond donors (Lipinski definition) is 1. The summed E-state index contributed by atoms with van der Waals surface area (Å²) in [6, 6.07) is 6.80. The van der Waals surface area contributed by atoms with E-state index in [1.54, 1.807) is 24.5 Å². The Labute approximate surface area is 117 Å². The maximum atomic E-state index is 11.4. The molecular weight excluding hydrogens is 256 g/mol. The van der Waals surface area contributed by atoms with Gasteiger partial charge in [0.25, 0.3) is 0 Å². The summed E-state index contributed by atoms with van der Waals surface area (Å²) >= 11 is 0. The summed E-state index contributed by atoms with van der Waals surface area (Å²) in [6.07, 6.45) is 3.52. The van der Waals surface area contributed by atoms with Crippen LogP contribution < -0.4 is 10.5 Å². The lowest BCUT2D eigenvalue weighted by molar-refractivity contribution is 0.0600. The van der Waals surface area contributed by atoms with Crippen molar-refractivity contribution in [3.63, 3.8) is 0 Å². The average molecular weight is 272 g/mol. The number of hydrogen-bond acceptors (Lipinski definition) is 5. The smallest absolute Gasteiger partial charge is 0.337 e. The Morgan fingerprint density at radius 1 is 1.30 bits per heavy atom. The molecule has 104 valence electrons. The Bertz CT molecular complexity index is 626. The van der Waals surface area contributed by atoms with Crippen molar-refractivity contribution in [2.24, 2.45) is 0 Å². The van der Waals surface area contributed by atoms with Crippen LogP contribution in [0, 0.1) is 6.92 Å². The van der Waals surface area contributed by atoms with Crippen LogP contribution in [0.1, 0.15) is 21.5 Å². The van der Waals surface area contributed by atoms with Gasteiger partial charge in [-0.05, 0) is 36.8 Å². The molecule has 0 atom stereocenters. The van der Waals surface area contributed by atoms with Crippen LogP contribution in [0.5, 0.6) is 5.75 Å². The zero-order valence-electron chi connectivity index (χ0n) is 11.4. The molecule has 0 unspecified atom stereocenters. The third-order valence-corrected chi connectivity index (χ3v) is 2.76. The Kier molecular flexibility index (Phi) is 4.20. The van der Waals surface area contributed by atoms with Crippen molar-refractivity contribution in [2.75, 3.05) is 12.8 Å². The van der Waals surface area contributed by atoms with E-state index >= 15 is 0 Å². The molecule has 0 amide bonds. The molecule has 2 aromatic rings. The van der Waals surface area contributed by atoms with Gasteiger partial charge in [0.2, 0.25) is 0 Å². The largest absolute Gasteiger partial charge is 0.487 e. The lowest BCUT2D eigenvalue weighted by atomic mass is 10.2. The normalized spacial score (nSPS) is 10.1. The Balaban J connectivity index is 2.08. The second-order valence-electron chi connectivity index (χ2n) is 4.40. The number of pyridine rings is 1. The van der Waals surface area contributed by atoms with Gasteiger partial charge in [-0.2, -0.15) is 0 Å². The standard InChI is InChI=1S/C15H16N2O3/c1-10-5-11(8-17-7-10)9-20-14-4-3-12(6-13(14)16)15(18)19-2/h3-8H,9,16H2,1-2H3. The number of methoxy groups -OCH3 is 1. The number of ether oxygens (including phenoxy) is 2. The molecule has 0 radical (unpaired) electrons. The first-order chi connectivity index (χ1) is 9.60. The van der Waals surface area contributed by atoms with Gasteiger partial charge in [-0.1, -0.05) is 0 Å². The van der Waals surface area contributed by atoms with Crippen LogP contribution in [0.15, 0.2) is 36.7 Å². The minimum Gasteiger partial charge on any atom is -0.487 e. The average Bonchev–Trinajstić information content (AvgIpc) is 2.45. The van der Waals surface area contributed by atoms with Gasteiger partial charge < -0.3 is 15.2 Å². The Hall–Kier alpha value is -2.56. The molecule has 0 saturated heterocycles. The molecule has 1 heterocycles. The molecule has 5 nitrogen and oxygen atoms in total. The molecule has 1 aromatic heterocycles. The highest BCUT2D eigenvalue weighted by molar-refractivity contribution is 5.90. The Morgan fingerprint density at radius 2 is 2.10 bits per heavy atom. The second kappa shape index (κ2) is 6.06. The predicted molar refractivity (Wildman–Crippen MR) is 75.5 cm³/mol. The van der Waals surface area contributed by atoms with E-state index in [1.807, 2.05) is 13.0 Å². The number of aryl methyl sites for hydroxylation is 1. The molecule has 0 aliphatic heterocycles. The van der Waals surface area contributed by atoms with Gasteiger partial charge in [-0.25, -0.2) is 4.79 Å². The van der Waals surface area contributed by atoms with Crippen LogP contribution in [-0.2, 0) is 11.3 Å². The fraction of sp³-hybridized carbons (Fsp3) is 0.200. The van der Waals surface area contributed by atoms with E-state index in [0.717, 1.165) is 11.1 Å². The van der Waals surface area contributed by atoms with E-state index in [1.165, 1.54) is 13.2 Å². The van der Waals surface area contributed by atoms with Crippen molar-refractivity contribution in [1.82, 2.24) is 4.98 Å². The summed E-state index contributed by atoms with van der Waals surface area (Å²) in [7, 11) is 1.33. The number of rotatable bonds is 4. The van der Waals surface area contributed by atoms with Gasteiger partial charge in [0, 0.05) is 18.0 Å². The molecule has 1 aromatic carbocycles. The van der Waals surface area contributed by atoms with Crippen molar-refractivity contribution >= 4 is 11.7 Å². The van der Waals surface area contributed by atoms with Crippen molar-refractivity contribution in [1.29, 1.82) is 0 Å². The van der Waals surface area contributed by atoms with Crippen LogP contribution >= 0.6 is 0 Å². The fourth-order valence-corrected chi connectivity index (χ4v) is 1.78. The predicted octanol–water partition coefficient (Wildman–Crippen LogP) is 2.34. The van der Waals surface area contributed by atoms with Crippen molar-refractivity contribution in [3.05, 3.63) is 53.3 Å². The summed E-state index contributed by atoms with van der Waals surface area (Å²) in [5, 5.41) is 0. The van der Waals surface area contributed by atoms with Crippen LogP contribution in [0.2, 0.25) is 0 Å². The van der Waals surface area contributed by atoms with Gasteiger partial charge in [-0.3, -0.25) is 4.98 Å². The van der Waals surface area contributed by atoms with Crippen LogP contribution in [0.3, 0.4) is 0 Å². The van der Waals surface area contributed by atoms with E-state index in [9.17, 15) is 4.79 Å². The molecule has 0 aliphatic carbocycles. The summed E-state index contributed by atoms with van der Waals surface area (Å²) in [6.45, 7) is 2.34. The van der Waals surface area contributed by atoms with E-state index in [2.05, 4.69) is 9.72 Å². The summed E-state index contributed by atoms with van der Waals surface area (Å²) in [5.41, 5.74) is 8.68. The molecule has 0 fully saturated rings. The third-order valence-electron chi connectivity index (χ3n) is 2.76. The third kappa shape index (κ3) is 3.26. The highest BCUT2D eigenvalue weighted by Crippen LogP contribution is 2.24. The number of nitrogen functional groups attached to an aromatic ring is 1. The fourth-order valence-electron chi connectivity index (χ4n) is 1.78. The number of anilines is 1. The lowest BCUT2D eigenvalue weighted by Gasteiger charge is -2.10. The molecule has 2 N–H and O–H groups in total. The first kappa shape index (κ1) is 13.9. The van der Waals surface area contributed by atoms with Gasteiger partial charge >= 0.3 is 5.97 Å². The Morgan fingerprint density at radius 3 is 2.75 bits per heavy atom. The number of carbonyl (C=O) groups is 1. The van der Waals surface area contributed by atoms with Crippen LogP contribution in [-0.4, -0.2) is 18.1 Å². The van der Waals surface area contributed by atoms with Crippen LogP contribution in [0.4, 0.5) is 5.69 Å². The van der Waals surface area contributed by atoms with E-state index in [-0.39, 0.29) is 0 Å².